The first-order valence-corrected chi connectivity index (χ1v) is 9.70. The third-order valence-corrected chi connectivity index (χ3v) is 5.10. The lowest BCUT2D eigenvalue weighted by Gasteiger charge is -2.16. The first kappa shape index (κ1) is 24.9. The minimum atomic E-state index is -4.94. The molecule has 33 heavy (non-hydrogen) atoms. The van der Waals surface area contributed by atoms with Gasteiger partial charge in [0.25, 0.3) is 0 Å². The maximum atomic E-state index is 13.5. The Hall–Kier alpha value is -2.71. The van der Waals surface area contributed by atoms with Crippen molar-refractivity contribution in [1.29, 1.82) is 0 Å². The van der Waals surface area contributed by atoms with Gasteiger partial charge in [0.15, 0.2) is 0 Å². The summed E-state index contributed by atoms with van der Waals surface area (Å²) in [4.78, 5) is 3.60. The number of nitrogens with zero attached hydrogens (tertiary/aromatic N) is 1. The number of hydrogen-bond donors (Lipinski definition) is 0. The lowest BCUT2D eigenvalue weighted by Crippen LogP contribution is -2.17. The van der Waals surface area contributed by atoms with E-state index >= 15 is 0 Å². The molecule has 0 saturated carbocycles. The predicted octanol–water partition coefficient (Wildman–Crippen LogP) is 7.84. The summed E-state index contributed by atoms with van der Waals surface area (Å²) in [5.41, 5.74) is -1.27. The zero-order valence-electron chi connectivity index (χ0n) is 15.7. The second-order valence-electron chi connectivity index (χ2n) is 6.36. The number of benzene rings is 2. The highest BCUT2D eigenvalue weighted by Gasteiger charge is 2.35. The minimum Gasteiger partial charge on any atom is -0.406 e. The van der Waals surface area contributed by atoms with E-state index in [9.17, 15) is 39.5 Å². The first-order chi connectivity index (χ1) is 15.1. The third-order valence-electron chi connectivity index (χ3n) is 4.01. The molecule has 1 aromatic heterocycles. The SMILES string of the molecule is FC(F)(F)Oc1ccc(-c2cc(C(F)(F)F)nc(-c3ccc(OC(F)(F)F)cc3)c2I)cc1. The van der Waals surface area contributed by atoms with Crippen LogP contribution < -0.4 is 9.47 Å². The van der Waals surface area contributed by atoms with Crippen molar-refractivity contribution in [2.45, 2.75) is 18.9 Å². The van der Waals surface area contributed by atoms with Crippen molar-refractivity contribution >= 4 is 22.6 Å². The van der Waals surface area contributed by atoms with Crippen LogP contribution in [-0.4, -0.2) is 17.7 Å². The summed E-state index contributed by atoms with van der Waals surface area (Å²) in [7, 11) is 0. The number of alkyl halides is 9. The van der Waals surface area contributed by atoms with Gasteiger partial charge in [0.2, 0.25) is 0 Å². The van der Waals surface area contributed by atoms with Gasteiger partial charge in [-0.3, -0.25) is 0 Å². The van der Waals surface area contributed by atoms with E-state index in [0.717, 1.165) is 54.6 Å². The van der Waals surface area contributed by atoms with Crippen molar-refractivity contribution in [3.05, 3.63) is 63.9 Å². The molecule has 13 heteroatoms. The van der Waals surface area contributed by atoms with Gasteiger partial charge >= 0.3 is 18.9 Å². The molecule has 0 unspecified atom stereocenters. The molecule has 0 bridgehead atoms. The van der Waals surface area contributed by atoms with E-state index < -0.39 is 36.1 Å². The summed E-state index contributed by atoms with van der Waals surface area (Å²) in [6, 6.07) is 8.95. The monoisotopic (exact) mass is 593 g/mol. The zero-order chi connectivity index (χ0) is 24.6. The van der Waals surface area contributed by atoms with Gasteiger partial charge in [-0.2, -0.15) is 13.2 Å². The quantitative estimate of drug-likeness (QED) is 0.228. The Labute approximate surface area is 193 Å². The Balaban J connectivity index is 2.07. The third kappa shape index (κ3) is 6.65. The summed E-state index contributed by atoms with van der Waals surface area (Å²) < 4.78 is 122. The summed E-state index contributed by atoms with van der Waals surface area (Å²) in [6.45, 7) is 0. The second-order valence-corrected chi connectivity index (χ2v) is 7.44. The van der Waals surface area contributed by atoms with Gasteiger partial charge in [0, 0.05) is 9.13 Å². The van der Waals surface area contributed by atoms with E-state index in [-0.39, 0.29) is 26.0 Å². The maximum Gasteiger partial charge on any atom is 0.573 e. The number of halogens is 10. The van der Waals surface area contributed by atoms with Crippen molar-refractivity contribution in [1.82, 2.24) is 4.98 Å². The van der Waals surface area contributed by atoms with Crippen LogP contribution in [0.15, 0.2) is 54.6 Å². The fourth-order valence-corrected chi connectivity index (χ4v) is 3.63. The molecule has 3 nitrogen and oxygen atoms in total. The van der Waals surface area contributed by atoms with Crippen molar-refractivity contribution in [3.63, 3.8) is 0 Å². The highest BCUT2D eigenvalue weighted by atomic mass is 127. The van der Waals surface area contributed by atoms with E-state index in [1.807, 2.05) is 0 Å². The van der Waals surface area contributed by atoms with Gasteiger partial charge in [-0.1, -0.05) is 12.1 Å². The van der Waals surface area contributed by atoms with Gasteiger partial charge in [0.05, 0.1) is 5.69 Å². The lowest BCUT2D eigenvalue weighted by molar-refractivity contribution is -0.275. The zero-order valence-corrected chi connectivity index (χ0v) is 17.9. The Morgan fingerprint density at radius 2 is 1.06 bits per heavy atom. The number of rotatable bonds is 4. The van der Waals surface area contributed by atoms with Crippen LogP contribution in [0.5, 0.6) is 11.5 Å². The largest absolute Gasteiger partial charge is 0.573 e. The molecule has 0 radical (unpaired) electrons. The van der Waals surface area contributed by atoms with E-state index in [1.165, 1.54) is 0 Å². The van der Waals surface area contributed by atoms with Crippen molar-refractivity contribution in [2.24, 2.45) is 0 Å². The van der Waals surface area contributed by atoms with Crippen molar-refractivity contribution in [3.8, 4) is 33.9 Å². The van der Waals surface area contributed by atoms with Gasteiger partial charge in [-0.05, 0) is 76.2 Å². The molecule has 0 N–H and O–H groups in total. The molecule has 3 rings (SSSR count). The lowest BCUT2D eigenvalue weighted by atomic mass is 10.0. The standard InChI is InChI=1S/C20H9F9INO2/c21-18(22,23)15-9-14(10-1-5-12(6-2-10)32-19(24,25)26)16(30)17(31-15)11-3-7-13(8-4-11)33-20(27,28)29/h1-9H. The van der Waals surface area contributed by atoms with Crippen LogP contribution in [0.25, 0.3) is 22.4 Å². The van der Waals surface area contributed by atoms with Crippen LogP contribution in [0, 0.1) is 3.57 Å². The average Bonchev–Trinajstić information content (AvgIpc) is 2.66. The van der Waals surface area contributed by atoms with Gasteiger partial charge in [0.1, 0.15) is 17.2 Å². The Morgan fingerprint density at radius 3 is 1.45 bits per heavy atom. The van der Waals surface area contributed by atoms with Gasteiger partial charge in [-0.25, -0.2) is 4.98 Å². The van der Waals surface area contributed by atoms with Crippen LogP contribution in [0.4, 0.5) is 39.5 Å². The summed E-state index contributed by atoms with van der Waals surface area (Å²) in [5, 5.41) is 0. The topological polar surface area (TPSA) is 31.4 Å². The predicted molar refractivity (Wildman–Crippen MR) is 106 cm³/mol. The molecular weight excluding hydrogens is 584 g/mol. The maximum absolute atomic E-state index is 13.5. The number of ether oxygens (including phenoxy) is 2. The molecule has 0 saturated heterocycles. The number of pyridine rings is 1. The molecule has 176 valence electrons. The Bertz CT molecular complexity index is 1040. The highest BCUT2D eigenvalue weighted by molar-refractivity contribution is 14.1. The summed E-state index contributed by atoms with van der Waals surface area (Å²) >= 11 is 1.70. The van der Waals surface area contributed by atoms with Crippen LogP contribution in [-0.2, 0) is 6.18 Å². The number of hydrogen-bond acceptors (Lipinski definition) is 3. The molecule has 0 aliphatic carbocycles. The normalized spacial score (nSPS) is 12.5. The highest BCUT2D eigenvalue weighted by Crippen LogP contribution is 2.39. The van der Waals surface area contributed by atoms with E-state index in [1.54, 1.807) is 22.6 Å². The Morgan fingerprint density at radius 1 is 0.636 bits per heavy atom. The Kier molecular flexibility index (Phi) is 6.73. The summed E-state index contributed by atoms with van der Waals surface area (Å²) in [5.74, 6) is -1.14. The van der Waals surface area contributed by atoms with Crippen molar-refractivity contribution < 1.29 is 49.0 Å². The van der Waals surface area contributed by atoms with Gasteiger partial charge in [-0.15, -0.1) is 26.3 Å². The molecule has 2 aromatic carbocycles. The molecule has 1 heterocycles. The fourth-order valence-electron chi connectivity index (χ4n) is 2.73. The first-order valence-electron chi connectivity index (χ1n) is 8.62. The molecule has 0 fully saturated rings. The van der Waals surface area contributed by atoms with Gasteiger partial charge < -0.3 is 9.47 Å². The molecule has 0 atom stereocenters. The van der Waals surface area contributed by atoms with E-state index in [4.69, 9.17) is 0 Å². The van der Waals surface area contributed by atoms with Crippen LogP contribution >= 0.6 is 22.6 Å². The minimum absolute atomic E-state index is 0.00195. The average molecular weight is 593 g/mol. The molecule has 0 spiro atoms. The van der Waals surface area contributed by atoms with E-state index in [2.05, 4.69) is 14.5 Å². The van der Waals surface area contributed by atoms with E-state index in [0.29, 0.717) is 0 Å². The van der Waals surface area contributed by atoms with Crippen molar-refractivity contribution in [2.75, 3.05) is 0 Å². The smallest absolute Gasteiger partial charge is 0.406 e. The second kappa shape index (κ2) is 8.91. The van der Waals surface area contributed by atoms with Crippen LogP contribution in [0.2, 0.25) is 0 Å². The molecule has 0 aliphatic heterocycles. The fraction of sp³-hybridized carbons (Fsp3) is 0.150. The van der Waals surface area contributed by atoms with Crippen LogP contribution in [0.3, 0.4) is 0 Å². The molecule has 3 aromatic rings. The number of aromatic nitrogens is 1. The molecule has 0 aliphatic rings. The molecular formula is C20H9F9INO2. The molecule has 0 amide bonds. The summed E-state index contributed by atoms with van der Waals surface area (Å²) in [6.07, 6.45) is -14.8. The van der Waals surface area contributed by atoms with Crippen LogP contribution in [0.1, 0.15) is 5.69 Å².